The van der Waals surface area contributed by atoms with Gasteiger partial charge in [-0.3, -0.25) is 9.30 Å². The fourth-order valence-corrected chi connectivity index (χ4v) is 4.34. The molecule has 0 aliphatic carbocycles. The summed E-state index contributed by atoms with van der Waals surface area (Å²) in [6, 6.07) is 8.23. The molecule has 2 aromatic heterocycles. The van der Waals surface area contributed by atoms with Crippen LogP contribution in [0.5, 0.6) is 5.75 Å². The van der Waals surface area contributed by atoms with Gasteiger partial charge in [-0.2, -0.15) is 0 Å². The molecule has 7 nitrogen and oxygen atoms in total. The van der Waals surface area contributed by atoms with Crippen LogP contribution in [0.2, 0.25) is 0 Å². The van der Waals surface area contributed by atoms with E-state index in [4.69, 9.17) is 14.5 Å². The number of imidazole rings is 1. The van der Waals surface area contributed by atoms with Crippen LogP contribution in [0.15, 0.2) is 41.8 Å². The van der Waals surface area contributed by atoms with Crippen LogP contribution in [0.25, 0.3) is 16.9 Å². The van der Waals surface area contributed by atoms with Crippen molar-refractivity contribution < 1.29 is 9.47 Å². The zero-order chi connectivity index (χ0) is 20.8. The fraction of sp³-hybridized carbons (Fsp3) is 0.455. The summed E-state index contributed by atoms with van der Waals surface area (Å²) in [6.45, 7) is 7.88. The Balaban J connectivity index is 1.46. The van der Waals surface area contributed by atoms with Gasteiger partial charge in [-0.05, 0) is 30.9 Å². The zero-order valence-electron chi connectivity index (χ0n) is 17.6. The van der Waals surface area contributed by atoms with Gasteiger partial charge in [0.2, 0.25) is 0 Å². The first-order chi connectivity index (χ1) is 14.8. The van der Waals surface area contributed by atoms with Crippen LogP contribution >= 0.6 is 11.8 Å². The molecule has 1 aliphatic rings. The highest BCUT2D eigenvalue weighted by molar-refractivity contribution is 7.99. The number of hydrogen-bond acceptors (Lipinski definition) is 7. The van der Waals surface area contributed by atoms with E-state index >= 15 is 0 Å². The summed E-state index contributed by atoms with van der Waals surface area (Å²) >= 11 is 1.71. The lowest BCUT2D eigenvalue weighted by Gasteiger charge is -2.26. The Labute approximate surface area is 181 Å². The standard InChI is InChI=1S/C22H29N5O2S/c1-3-30-22-25-19(16-21-24-8-10-27(21)22)17-5-6-18(20(15-17)28-2)23-7-4-9-26-11-13-29-14-12-26/h5-6,8,10,15-16,23H,3-4,7,9,11-14H2,1-2H3. The van der Waals surface area contributed by atoms with Crippen molar-refractivity contribution in [1.82, 2.24) is 19.3 Å². The van der Waals surface area contributed by atoms with Crippen LogP contribution in [-0.4, -0.2) is 71.5 Å². The maximum Gasteiger partial charge on any atom is 0.174 e. The molecule has 1 aromatic carbocycles. The van der Waals surface area contributed by atoms with Gasteiger partial charge in [-0.15, -0.1) is 0 Å². The van der Waals surface area contributed by atoms with E-state index in [1.54, 1.807) is 18.9 Å². The maximum absolute atomic E-state index is 5.66. The summed E-state index contributed by atoms with van der Waals surface area (Å²) in [4.78, 5) is 11.8. The molecule has 160 valence electrons. The highest BCUT2D eigenvalue weighted by atomic mass is 32.2. The van der Waals surface area contributed by atoms with Gasteiger partial charge in [0.05, 0.1) is 31.7 Å². The molecule has 8 heteroatoms. The minimum Gasteiger partial charge on any atom is -0.495 e. The number of rotatable bonds is 9. The van der Waals surface area contributed by atoms with Gasteiger partial charge >= 0.3 is 0 Å². The summed E-state index contributed by atoms with van der Waals surface area (Å²) in [6.07, 6.45) is 4.85. The van der Waals surface area contributed by atoms with Crippen LogP contribution in [-0.2, 0) is 4.74 Å². The predicted molar refractivity (Wildman–Crippen MR) is 122 cm³/mol. The van der Waals surface area contributed by atoms with Crippen LogP contribution in [0.4, 0.5) is 5.69 Å². The first kappa shape index (κ1) is 21.0. The number of anilines is 1. The van der Waals surface area contributed by atoms with Gasteiger partial charge in [-0.25, -0.2) is 9.97 Å². The third-order valence-electron chi connectivity index (χ3n) is 5.20. The van der Waals surface area contributed by atoms with Crippen molar-refractivity contribution in [3.05, 3.63) is 36.7 Å². The average molecular weight is 428 g/mol. The average Bonchev–Trinajstić information content (AvgIpc) is 3.27. The summed E-state index contributed by atoms with van der Waals surface area (Å²) in [5.74, 6) is 1.79. The van der Waals surface area contributed by atoms with Gasteiger partial charge < -0.3 is 14.8 Å². The second-order valence-corrected chi connectivity index (χ2v) is 8.39. The first-order valence-electron chi connectivity index (χ1n) is 10.5. The minimum atomic E-state index is 0.827. The number of aromatic nitrogens is 3. The quantitative estimate of drug-likeness (QED) is 0.318. The third kappa shape index (κ3) is 4.88. The lowest BCUT2D eigenvalue weighted by atomic mass is 10.1. The van der Waals surface area contributed by atoms with Crippen molar-refractivity contribution in [1.29, 1.82) is 0 Å². The molecule has 4 rings (SSSR count). The van der Waals surface area contributed by atoms with Gasteiger partial charge in [-0.1, -0.05) is 24.8 Å². The molecule has 0 radical (unpaired) electrons. The molecule has 3 heterocycles. The molecule has 0 unspecified atom stereocenters. The molecule has 1 fully saturated rings. The van der Waals surface area contributed by atoms with E-state index in [1.807, 2.05) is 28.9 Å². The molecule has 30 heavy (non-hydrogen) atoms. The number of methoxy groups -OCH3 is 1. The summed E-state index contributed by atoms with van der Waals surface area (Å²) in [5.41, 5.74) is 3.84. The van der Waals surface area contributed by atoms with E-state index in [0.29, 0.717) is 0 Å². The monoisotopic (exact) mass is 427 g/mol. The van der Waals surface area contributed by atoms with Crippen LogP contribution in [0.1, 0.15) is 13.3 Å². The highest BCUT2D eigenvalue weighted by Gasteiger charge is 2.12. The van der Waals surface area contributed by atoms with Crippen molar-refractivity contribution in [3.8, 4) is 17.0 Å². The lowest BCUT2D eigenvalue weighted by Crippen LogP contribution is -2.37. The number of nitrogens with zero attached hydrogens (tertiary/aromatic N) is 4. The topological polar surface area (TPSA) is 63.9 Å². The molecule has 0 spiro atoms. The summed E-state index contributed by atoms with van der Waals surface area (Å²) in [5, 5.41) is 4.47. The van der Waals surface area contributed by atoms with Gasteiger partial charge in [0.15, 0.2) is 5.16 Å². The van der Waals surface area contributed by atoms with E-state index in [9.17, 15) is 0 Å². The van der Waals surface area contributed by atoms with Crippen molar-refractivity contribution in [2.24, 2.45) is 0 Å². The number of hydrogen-bond donors (Lipinski definition) is 1. The number of ether oxygens (including phenoxy) is 2. The van der Waals surface area contributed by atoms with Crippen molar-refractivity contribution in [2.75, 3.05) is 57.6 Å². The Morgan fingerprint density at radius 1 is 1.23 bits per heavy atom. The van der Waals surface area contributed by atoms with Crippen LogP contribution in [0.3, 0.4) is 0 Å². The molecule has 1 saturated heterocycles. The summed E-state index contributed by atoms with van der Waals surface area (Å²) < 4.78 is 13.1. The Morgan fingerprint density at radius 3 is 2.90 bits per heavy atom. The Bertz CT molecular complexity index is 971. The largest absolute Gasteiger partial charge is 0.495 e. The van der Waals surface area contributed by atoms with Crippen molar-refractivity contribution >= 4 is 23.1 Å². The van der Waals surface area contributed by atoms with Gasteiger partial charge in [0.25, 0.3) is 0 Å². The van der Waals surface area contributed by atoms with E-state index < -0.39 is 0 Å². The van der Waals surface area contributed by atoms with E-state index in [1.165, 1.54) is 0 Å². The molecule has 1 N–H and O–H groups in total. The Hall–Kier alpha value is -2.29. The van der Waals surface area contributed by atoms with Crippen LogP contribution < -0.4 is 10.1 Å². The van der Waals surface area contributed by atoms with E-state index in [2.05, 4.69) is 34.3 Å². The number of thioether (sulfide) groups is 1. The SMILES string of the molecule is CCSc1nc(-c2ccc(NCCCN3CCOCC3)c(OC)c2)cc2nccn12. The minimum absolute atomic E-state index is 0.827. The molecular weight excluding hydrogens is 398 g/mol. The summed E-state index contributed by atoms with van der Waals surface area (Å²) in [7, 11) is 1.71. The zero-order valence-corrected chi connectivity index (χ0v) is 18.5. The van der Waals surface area contributed by atoms with Crippen molar-refractivity contribution in [3.63, 3.8) is 0 Å². The second kappa shape index (κ2) is 10.1. The molecule has 3 aromatic rings. The molecule has 0 atom stereocenters. The lowest BCUT2D eigenvalue weighted by molar-refractivity contribution is 0.0378. The van der Waals surface area contributed by atoms with Crippen LogP contribution in [0, 0.1) is 0 Å². The first-order valence-corrected chi connectivity index (χ1v) is 11.5. The number of fused-ring (bicyclic) bond motifs is 1. The Kier molecular flexibility index (Phi) is 7.09. The van der Waals surface area contributed by atoms with Gasteiger partial charge in [0.1, 0.15) is 11.4 Å². The number of benzene rings is 1. The molecule has 0 bridgehead atoms. The normalized spacial score (nSPS) is 14.9. The highest BCUT2D eigenvalue weighted by Crippen LogP contribution is 2.31. The maximum atomic E-state index is 5.66. The molecule has 0 amide bonds. The van der Waals surface area contributed by atoms with Gasteiger partial charge in [0, 0.05) is 43.7 Å². The number of morpholine rings is 1. The molecule has 0 saturated carbocycles. The predicted octanol–water partition coefficient (Wildman–Crippen LogP) is 3.65. The number of nitrogens with one attached hydrogen (secondary N) is 1. The Morgan fingerprint density at radius 2 is 2.10 bits per heavy atom. The smallest absolute Gasteiger partial charge is 0.174 e. The molecule has 1 aliphatic heterocycles. The molecular formula is C22H29N5O2S. The second-order valence-electron chi connectivity index (χ2n) is 7.16. The van der Waals surface area contributed by atoms with E-state index in [0.717, 1.165) is 85.1 Å². The third-order valence-corrected chi connectivity index (χ3v) is 6.03. The fourth-order valence-electron chi connectivity index (χ4n) is 3.62. The van der Waals surface area contributed by atoms with Crippen molar-refractivity contribution in [2.45, 2.75) is 18.5 Å². The van der Waals surface area contributed by atoms with E-state index in [-0.39, 0.29) is 0 Å².